The number of thiazole rings is 1. The number of hydrogen-bond donors (Lipinski definition) is 2. The molecule has 0 unspecified atom stereocenters. The third-order valence-corrected chi connectivity index (χ3v) is 6.64. The van der Waals surface area contributed by atoms with Crippen LogP contribution in [0, 0.1) is 0 Å². The summed E-state index contributed by atoms with van der Waals surface area (Å²) in [6.07, 6.45) is 0. The van der Waals surface area contributed by atoms with E-state index in [1.54, 1.807) is 25.2 Å². The molecule has 3 rings (SSSR count). The number of carbonyl (C=O) groups excluding carboxylic acids is 1. The molecule has 136 valence electrons. The zero-order chi connectivity index (χ0) is 18.7. The average Bonchev–Trinajstić information content (AvgIpc) is 3.25. The van der Waals surface area contributed by atoms with E-state index in [4.69, 9.17) is 0 Å². The first-order chi connectivity index (χ1) is 12.3. The maximum Gasteiger partial charge on any atom is 0.257 e. The van der Waals surface area contributed by atoms with Gasteiger partial charge in [0.2, 0.25) is 10.0 Å². The lowest BCUT2D eigenvalue weighted by molar-refractivity contribution is 0.102. The first-order valence-electron chi connectivity index (χ1n) is 7.78. The Bertz CT molecular complexity index is 992. The first-order valence-corrected chi connectivity index (χ1v) is 11.0. The average molecular weight is 408 g/mol. The van der Waals surface area contributed by atoms with Crippen molar-refractivity contribution in [2.24, 2.45) is 0 Å². The molecule has 2 N–H and O–H groups in total. The van der Waals surface area contributed by atoms with Gasteiger partial charge in [-0.1, -0.05) is 6.07 Å². The number of anilines is 1. The van der Waals surface area contributed by atoms with Crippen molar-refractivity contribution in [1.29, 1.82) is 0 Å². The molecule has 2 aromatic heterocycles. The van der Waals surface area contributed by atoms with Crippen molar-refractivity contribution >= 4 is 43.7 Å². The van der Waals surface area contributed by atoms with Gasteiger partial charge < -0.3 is 0 Å². The van der Waals surface area contributed by atoms with Gasteiger partial charge in [0.15, 0.2) is 5.13 Å². The van der Waals surface area contributed by atoms with Crippen molar-refractivity contribution < 1.29 is 13.2 Å². The second-order valence-electron chi connectivity index (χ2n) is 5.77. The van der Waals surface area contributed by atoms with Crippen LogP contribution in [0.2, 0.25) is 0 Å². The molecule has 9 heteroatoms. The second kappa shape index (κ2) is 7.67. The van der Waals surface area contributed by atoms with Gasteiger partial charge in [0, 0.05) is 17.0 Å². The van der Waals surface area contributed by atoms with E-state index >= 15 is 0 Å². The predicted octanol–water partition coefficient (Wildman–Crippen LogP) is 3.81. The van der Waals surface area contributed by atoms with Crippen molar-refractivity contribution in [3.05, 3.63) is 52.7 Å². The van der Waals surface area contributed by atoms with Crippen molar-refractivity contribution in [3.63, 3.8) is 0 Å². The van der Waals surface area contributed by atoms with E-state index in [0.29, 0.717) is 10.7 Å². The van der Waals surface area contributed by atoms with Gasteiger partial charge in [0.25, 0.3) is 5.91 Å². The Labute approximate surface area is 160 Å². The smallest absolute Gasteiger partial charge is 0.257 e. The summed E-state index contributed by atoms with van der Waals surface area (Å²) in [4.78, 5) is 17.9. The Morgan fingerprint density at radius 1 is 1.12 bits per heavy atom. The Hall–Kier alpha value is -2.07. The van der Waals surface area contributed by atoms with Gasteiger partial charge >= 0.3 is 0 Å². The SMILES string of the molecule is CC(C)NS(=O)(=O)c1ccc(C(=O)Nc2nc(-c3cccs3)cs2)cc1. The van der Waals surface area contributed by atoms with E-state index in [1.165, 1.54) is 35.6 Å². The summed E-state index contributed by atoms with van der Waals surface area (Å²) in [7, 11) is -3.57. The monoisotopic (exact) mass is 407 g/mol. The fourth-order valence-electron chi connectivity index (χ4n) is 2.20. The number of aromatic nitrogens is 1. The lowest BCUT2D eigenvalue weighted by atomic mass is 10.2. The van der Waals surface area contributed by atoms with E-state index in [0.717, 1.165) is 10.6 Å². The van der Waals surface area contributed by atoms with Gasteiger partial charge in [-0.25, -0.2) is 18.1 Å². The Morgan fingerprint density at radius 3 is 2.46 bits per heavy atom. The highest BCUT2D eigenvalue weighted by Crippen LogP contribution is 2.28. The Morgan fingerprint density at radius 2 is 1.85 bits per heavy atom. The highest BCUT2D eigenvalue weighted by molar-refractivity contribution is 7.89. The summed E-state index contributed by atoms with van der Waals surface area (Å²) < 4.78 is 26.7. The van der Waals surface area contributed by atoms with E-state index in [2.05, 4.69) is 15.0 Å². The molecular weight excluding hydrogens is 390 g/mol. The van der Waals surface area contributed by atoms with Crippen molar-refractivity contribution in [3.8, 4) is 10.6 Å². The Kier molecular flexibility index (Phi) is 5.52. The summed E-state index contributed by atoms with van der Waals surface area (Å²) in [6.45, 7) is 3.50. The van der Waals surface area contributed by atoms with Gasteiger partial charge in [-0.3, -0.25) is 10.1 Å². The zero-order valence-electron chi connectivity index (χ0n) is 14.1. The van der Waals surface area contributed by atoms with Gasteiger partial charge in [-0.2, -0.15) is 0 Å². The summed E-state index contributed by atoms with van der Waals surface area (Å²) in [5.74, 6) is -0.335. The van der Waals surface area contributed by atoms with Crippen LogP contribution in [0.15, 0.2) is 52.1 Å². The highest BCUT2D eigenvalue weighted by Gasteiger charge is 2.16. The van der Waals surface area contributed by atoms with Crippen LogP contribution in [0.25, 0.3) is 10.6 Å². The molecule has 1 amide bonds. The summed E-state index contributed by atoms with van der Waals surface area (Å²) in [5.41, 5.74) is 1.18. The molecule has 0 spiro atoms. The minimum absolute atomic E-state index is 0.122. The van der Waals surface area contributed by atoms with Crippen molar-refractivity contribution in [2.75, 3.05) is 5.32 Å². The minimum Gasteiger partial charge on any atom is -0.298 e. The van der Waals surface area contributed by atoms with Crippen LogP contribution in [0.5, 0.6) is 0 Å². The molecule has 0 saturated carbocycles. The van der Waals surface area contributed by atoms with E-state index < -0.39 is 10.0 Å². The molecule has 6 nitrogen and oxygen atoms in total. The van der Waals surface area contributed by atoms with E-state index in [1.807, 2.05) is 22.9 Å². The van der Waals surface area contributed by atoms with Crippen LogP contribution >= 0.6 is 22.7 Å². The molecule has 0 fully saturated rings. The molecule has 26 heavy (non-hydrogen) atoms. The minimum atomic E-state index is -3.57. The number of sulfonamides is 1. The molecule has 0 aliphatic heterocycles. The first kappa shape index (κ1) is 18.7. The normalized spacial score (nSPS) is 11.7. The number of rotatable bonds is 6. The number of thiophene rings is 1. The zero-order valence-corrected chi connectivity index (χ0v) is 16.5. The largest absolute Gasteiger partial charge is 0.298 e. The van der Waals surface area contributed by atoms with Gasteiger partial charge in [-0.15, -0.1) is 22.7 Å². The lowest BCUT2D eigenvalue weighted by Crippen LogP contribution is -2.30. The number of nitrogens with one attached hydrogen (secondary N) is 2. The van der Waals surface area contributed by atoms with Crippen LogP contribution in [0.4, 0.5) is 5.13 Å². The topological polar surface area (TPSA) is 88.2 Å². The van der Waals surface area contributed by atoms with Crippen LogP contribution < -0.4 is 10.0 Å². The molecule has 1 aromatic carbocycles. The summed E-state index contributed by atoms with van der Waals surface area (Å²) in [5, 5.41) is 7.09. The third kappa shape index (κ3) is 4.36. The molecule has 0 bridgehead atoms. The molecule has 0 saturated heterocycles. The molecular formula is C17H17N3O3S3. The molecule has 0 atom stereocenters. The van der Waals surface area contributed by atoms with Crippen LogP contribution in [-0.4, -0.2) is 25.4 Å². The molecule has 0 aliphatic rings. The van der Waals surface area contributed by atoms with Gasteiger partial charge in [0.05, 0.1) is 15.5 Å². The number of amides is 1. The summed E-state index contributed by atoms with van der Waals surface area (Å²) in [6, 6.07) is 9.51. The van der Waals surface area contributed by atoms with Crippen LogP contribution in [0.3, 0.4) is 0 Å². The fourth-order valence-corrected chi connectivity index (χ4v) is 4.92. The molecule has 0 radical (unpaired) electrons. The Balaban J connectivity index is 1.71. The van der Waals surface area contributed by atoms with Crippen LogP contribution in [0.1, 0.15) is 24.2 Å². The lowest BCUT2D eigenvalue weighted by Gasteiger charge is -2.10. The number of nitrogens with zero attached hydrogens (tertiary/aromatic N) is 1. The number of hydrogen-bond acceptors (Lipinski definition) is 6. The molecule has 0 aliphatic carbocycles. The fraction of sp³-hybridized carbons (Fsp3) is 0.176. The maximum absolute atomic E-state index is 12.3. The van der Waals surface area contributed by atoms with E-state index in [-0.39, 0.29) is 16.8 Å². The summed E-state index contributed by atoms with van der Waals surface area (Å²) >= 11 is 2.92. The van der Waals surface area contributed by atoms with E-state index in [9.17, 15) is 13.2 Å². The van der Waals surface area contributed by atoms with Crippen molar-refractivity contribution in [2.45, 2.75) is 24.8 Å². The number of benzene rings is 1. The second-order valence-corrected chi connectivity index (χ2v) is 9.29. The van der Waals surface area contributed by atoms with Crippen molar-refractivity contribution in [1.82, 2.24) is 9.71 Å². The quantitative estimate of drug-likeness (QED) is 0.650. The standard InChI is InChI=1S/C17H17N3O3S3/c1-11(2)20-26(22,23)13-7-5-12(6-8-13)16(21)19-17-18-14(10-25-17)15-4-3-9-24-15/h3-11,20H,1-2H3,(H,18,19,21). The molecule has 3 aromatic rings. The van der Waals surface area contributed by atoms with Crippen LogP contribution in [-0.2, 0) is 10.0 Å². The number of carbonyl (C=O) groups is 1. The predicted molar refractivity (Wildman–Crippen MR) is 105 cm³/mol. The van der Waals surface area contributed by atoms with Gasteiger partial charge in [0.1, 0.15) is 0 Å². The van der Waals surface area contributed by atoms with Gasteiger partial charge in [-0.05, 0) is 49.6 Å². The molecule has 2 heterocycles. The highest BCUT2D eigenvalue weighted by atomic mass is 32.2. The third-order valence-electron chi connectivity index (χ3n) is 3.32. The maximum atomic E-state index is 12.3.